The topological polar surface area (TPSA) is 49.4 Å². The van der Waals surface area contributed by atoms with Gasteiger partial charge in [0.2, 0.25) is 10.0 Å². The van der Waals surface area contributed by atoms with Gasteiger partial charge in [0, 0.05) is 19.1 Å². The minimum atomic E-state index is -3.02. The van der Waals surface area contributed by atoms with Crippen LogP contribution in [0.5, 0.6) is 0 Å². The van der Waals surface area contributed by atoms with Crippen LogP contribution in [0.4, 0.5) is 0 Å². The predicted octanol–water partition coefficient (Wildman–Crippen LogP) is 0.943. The van der Waals surface area contributed by atoms with Crippen molar-refractivity contribution in [3.05, 3.63) is 0 Å². The van der Waals surface area contributed by atoms with E-state index in [2.05, 4.69) is 5.32 Å². The predicted molar refractivity (Wildman–Crippen MR) is 67.3 cm³/mol. The zero-order valence-corrected chi connectivity index (χ0v) is 11.1. The van der Waals surface area contributed by atoms with Crippen molar-refractivity contribution in [2.75, 3.05) is 19.6 Å². The van der Waals surface area contributed by atoms with Crippen LogP contribution in [0, 0.1) is 5.92 Å². The Morgan fingerprint density at radius 1 is 1.00 bits per heavy atom. The van der Waals surface area contributed by atoms with Gasteiger partial charge in [0.25, 0.3) is 0 Å². The zero-order chi connectivity index (χ0) is 11.9. The Morgan fingerprint density at radius 3 is 2.53 bits per heavy atom. The van der Waals surface area contributed by atoms with Crippen LogP contribution in [0.25, 0.3) is 0 Å². The highest BCUT2D eigenvalue weighted by Gasteiger charge is 2.44. The second kappa shape index (κ2) is 4.52. The second-order valence-electron chi connectivity index (χ2n) is 5.69. The first kappa shape index (κ1) is 11.9. The molecule has 1 aliphatic carbocycles. The third-order valence-electron chi connectivity index (χ3n) is 4.68. The molecular weight excluding hydrogens is 236 g/mol. The Labute approximate surface area is 104 Å². The van der Waals surface area contributed by atoms with Crippen molar-refractivity contribution in [1.29, 1.82) is 0 Å². The maximum absolute atomic E-state index is 12.6. The fourth-order valence-electron chi connectivity index (χ4n) is 3.72. The van der Waals surface area contributed by atoms with Gasteiger partial charge in [0.1, 0.15) is 0 Å². The molecule has 2 atom stereocenters. The van der Waals surface area contributed by atoms with Crippen LogP contribution < -0.4 is 5.32 Å². The van der Waals surface area contributed by atoms with Crippen molar-refractivity contribution >= 4 is 10.0 Å². The zero-order valence-electron chi connectivity index (χ0n) is 10.3. The van der Waals surface area contributed by atoms with E-state index in [1.165, 1.54) is 6.42 Å². The van der Waals surface area contributed by atoms with Crippen LogP contribution in [0.2, 0.25) is 0 Å². The lowest BCUT2D eigenvalue weighted by atomic mass is 9.94. The molecule has 2 heterocycles. The van der Waals surface area contributed by atoms with Crippen LogP contribution >= 0.6 is 0 Å². The van der Waals surface area contributed by atoms with E-state index in [-0.39, 0.29) is 11.3 Å². The van der Waals surface area contributed by atoms with Gasteiger partial charge >= 0.3 is 0 Å². The van der Waals surface area contributed by atoms with Gasteiger partial charge in [-0.25, -0.2) is 8.42 Å². The summed E-state index contributed by atoms with van der Waals surface area (Å²) < 4.78 is 27.1. The number of piperidine rings is 1. The average molecular weight is 258 g/mol. The Morgan fingerprint density at radius 2 is 1.76 bits per heavy atom. The van der Waals surface area contributed by atoms with Crippen LogP contribution in [0.15, 0.2) is 0 Å². The number of hydrogen-bond acceptors (Lipinski definition) is 3. The highest BCUT2D eigenvalue weighted by Crippen LogP contribution is 2.34. The number of fused-ring (bicyclic) bond motifs is 1. The molecule has 3 aliphatic rings. The Kier molecular flexibility index (Phi) is 3.17. The lowest BCUT2D eigenvalue weighted by Gasteiger charge is -2.37. The number of nitrogens with one attached hydrogen (secondary N) is 1. The van der Waals surface area contributed by atoms with E-state index in [0.29, 0.717) is 5.92 Å². The van der Waals surface area contributed by atoms with Crippen molar-refractivity contribution in [3.8, 4) is 0 Å². The first-order chi connectivity index (χ1) is 8.19. The fourth-order valence-corrected chi connectivity index (χ4v) is 6.04. The van der Waals surface area contributed by atoms with Gasteiger partial charge < -0.3 is 5.32 Å². The molecule has 1 N–H and O–H groups in total. The van der Waals surface area contributed by atoms with E-state index < -0.39 is 10.0 Å². The molecule has 0 aromatic carbocycles. The highest BCUT2D eigenvalue weighted by molar-refractivity contribution is 7.89. The molecule has 0 spiro atoms. The first-order valence-electron chi connectivity index (χ1n) is 6.91. The van der Waals surface area contributed by atoms with Gasteiger partial charge in [-0.3, -0.25) is 0 Å². The maximum Gasteiger partial charge on any atom is 0.217 e. The fraction of sp³-hybridized carbons (Fsp3) is 1.00. The number of nitrogens with zero attached hydrogens (tertiary/aromatic N) is 1. The maximum atomic E-state index is 12.6. The molecule has 2 aliphatic heterocycles. The normalized spacial score (nSPS) is 36.2. The summed E-state index contributed by atoms with van der Waals surface area (Å²) in [6.45, 7) is 2.61. The molecule has 17 heavy (non-hydrogen) atoms. The van der Waals surface area contributed by atoms with E-state index in [1.54, 1.807) is 0 Å². The van der Waals surface area contributed by atoms with E-state index in [4.69, 9.17) is 0 Å². The summed E-state index contributed by atoms with van der Waals surface area (Å²) in [5.74, 6) is 0.555. The SMILES string of the molecule is O=S(=O)(C1CCCC1)N1CCCC2CNCC21. The van der Waals surface area contributed by atoms with Crippen molar-refractivity contribution in [3.63, 3.8) is 0 Å². The van der Waals surface area contributed by atoms with Gasteiger partial charge in [-0.05, 0) is 38.1 Å². The molecule has 3 rings (SSSR count). The molecule has 2 saturated heterocycles. The molecule has 5 heteroatoms. The summed E-state index contributed by atoms with van der Waals surface area (Å²) in [4.78, 5) is 0. The van der Waals surface area contributed by atoms with Crippen molar-refractivity contribution < 1.29 is 8.42 Å². The molecule has 0 bridgehead atoms. The van der Waals surface area contributed by atoms with Crippen LogP contribution in [-0.4, -0.2) is 43.6 Å². The molecule has 0 aromatic rings. The van der Waals surface area contributed by atoms with Crippen molar-refractivity contribution in [2.24, 2.45) is 5.92 Å². The highest BCUT2D eigenvalue weighted by atomic mass is 32.2. The smallest absolute Gasteiger partial charge is 0.217 e. The summed E-state index contributed by atoms with van der Waals surface area (Å²) in [6, 6.07) is 0.245. The first-order valence-corrected chi connectivity index (χ1v) is 8.41. The van der Waals surface area contributed by atoms with Crippen LogP contribution in [-0.2, 0) is 10.0 Å². The molecule has 0 amide bonds. The lowest BCUT2D eigenvalue weighted by Crippen LogP contribution is -2.50. The minimum absolute atomic E-state index is 0.0816. The third-order valence-corrected chi connectivity index (χ3v) is 7.10. The summed E-state index contributed by atoms with van der Waals surface area (Å²) in [6.07, 6.45) is 6.16. The van der Waals surface area contributed by atoms with Gasteiger partial charge in [-0.1, -0.05) is 12.8 Å². The van der Waals surface area contributed by atoms with Crippen LogP contribution in [0.1, 0.15) is 38.5 Å². The van der Waals surface area contributed by atoms with E-state index in [0.717, 1.165) is 51.7 Å². The van der Waals surface area contributed by atoms with Crippen molar-refractivity contribution in [1.82, 2.24) is 9.62 Å². The lowest BCUT2D eigenvalue weighted by molar-refractivity contribution is 0.215. The summed E-state index contributed by atoms with van der Waals surface area (Å²) in [5, 5.41) is 3.27. The van der Waals surface area contributed by atoms with E-state index >= 15 is 0 Å². The van der Waals surface area contributed by atoms with Gasteiger partial charge in [0.15, 0.2) is 0 Å². The molecule has 1 saturated carbocycles. The summed E-state index contributed by atoms with van der Waals surface area (Å²) >= 11 is 0. The third kappa shape index (κ3) is 2.02. The molecule has 3 fully saturated rings. The molecule has 98 valence electrons. The summed E-state index contributed by atoms with van der Waals surface area (Å²) in [5.41, 5.74) is 0. The molecule has 4 nitrogen and oxygen atoms in total. The largest absolute Gasteiger partial charge is 0.315 e. The van der Waals surface area contributed by atoms with Crippen LogP contribution in [0.3, 0.4) is 0 Å². The number of sulfonamides is 1. The second-order valence-corrected chi connectivity index (χ2v) is 7.86. The molecule has 0 aromatic heterocycles. The molecular formula is C12H22N2O2S. The molecule has 0 radical (unpaired) electrons. The van der Waals surface area contributed by atoms with E-state index in [1.807, 2.05) is 4.31 Å². The standard InChI is InChI=1S/C12H22N2O2S/c15-17(16,11-5-1-2-6-11)14-7-3-4-10-8-13-9-12(10)14/h10-13H,1-9H2. The average Bonchev–Trinajstić information content (AvgIpc) is 2.99. The monoisotopic (exact) mass is 258 g/mol. The Hall–Kier alpha value is -0.130. The Bertz CT molecular complexity index is 376. The number of rotatable bonds is 2. The van der Waals surface area contributed by atoms with E-state index in [9.17, 15) is 8.42 Å². The van der Waals surface area contributed by atoms with Gasteiger partial charge in [-0.15, -0.1) is 0 Å². The quantitative estimate of drug-likeness (QED) is 0.802. The minimum Gasteiger partial charge on any atom is -0.315 e. The summed E-state index contributed by atoms with van der Waals surface area (Å²) in [7, 11) is -3.02. The van der Waals surface area contributed by atoms with Gasteiger partial charge in [0.05, 0.1) is 5.25 Å². The Balaban J connectivity index is 1.81. The number of hydrogen-bond donors (Lipinski definition) is 1. The van der Waals surface area contributed by atoms with Crippen molar-refractivity contribution in [2.45, 2.75) is 49.8 Å². The molecule has 2 unspecified atom stereocenters. The van der Waals surface area contributed by atoms with Gasteiger partial charge in [-0.2, -0.15) is 4.31 Å².